The van der Waals surface area contributed by atoms with E-state index in [1.165, 1.54) is 0 Å². The monoisotopic (exact) mass is 316 g/mol. The lowest BCUT2D eigenvalue weighted by molar-refractivity contribution is -0.384. The molecule has 0 aromatic heterocycles. The van der Waals surface area contributed by atoms with E-state index >= 15 is 0 Å². The number of nitrogens with one attached hydrogen (secondary N) is 1. The number of carboxylic acid groups (broad SMARTS) is 1. The third-order valence-electron chi connectivity index (χ3n) is 3.77. The lowest BCUT2D eigenvalue weighted by Crippen LogP contribution is -2.24. The lowest BCUT2D eigenvalue weighted by atomic mass is 9.96. The fourth-order valence-electron chi connectivity index (χ4n) is 2.68. The maximum Gasteiger partial charge on any atom is 0.306 e. The average molecular weight is 317 g/mol. The molecule has 1 aliphatic carbocycles. The summed E-state index contributed by atoms with van der Waals surface area (Å²) in [5.41, 5.74) is -0.316. The van der Waals surface area contributed by atoms with Crippen LogP contribution in [0.15, 0.2) is 12.1 Å². The van der Waals surface area contributed by atoms with E-state index in [2.05, 4.69) is 5.32 Å². The minimum Gasteiger partial charge on any atom is -0.481 e. The highest BCUT2D eigenvalue weighted by Crippen LogP contribution is 2.34. The fourth-order valence-corrected chi connectivity index (χ4v) is 2.84. The van der Waals surface area contributed by atoms with Gasteiger partial charge in [-0.15, -0.1) is 0 Å². The Morgan fingerprint density at radius 2 is 2.24 bits per heavy atom. The number of rotatable bonds is 5. The summed E-state index contributed by atoms with van der Waals surface area (Å²) in [5.74, 6) is -2.28. The highest BCUT2D eigenvalue weighted by atomic mass is 35.5. The van der Waals surface area contributed by atoms with Crippen molar-refractivity contribution in [1.29, 1.82) is 0 Å². The maximum absolute atomic E-state index is 13.3. The summed E-state index contributed by atoms with van der Waals surface area (Å²) in [7, 11) is 0. The first-order valence-electron chi connectivity index (χ1n) is 6.50. The van der Waals surface area contributed by atoms with Crippen molar-refractivity contribution < 1.29 is 19.2 Å². The maximum atomic E-state index is 13.3. The molecule has 1 saturated carbocycles. The molecule has 1 aromatic carbocycles. The van der Waals surface area contributed by atoms with Crippen molar-refractivity contribution in [3.8, 4) is 0 Å². The summed E-state index contributed by atoms with van der Waals surface area (Å²) in [6.07, 6.45) is 2.16. The summed E-state index contributed by atoms with van der Waals surface area (Å²) in [5, 5.41) is 22.6. The number of hydrogen-bond donors (Lipinski definition) is 2. The Morgan fingerprint density at radius 1 is 1.52 bits per heavy atom. The molecule has 0 heterocycles. The molecular formula is C13H14ClFN2O4. The van der Waals surface area contributed by atoms with Gasteiger partial charge < -0.3 is 10.4 Å². The van der Waals surface area contributed by atoms with Gasteiger partial charge in [-0.05, 0) is 24.8 Å². The van der Waals surface area contributed by atoms with Crippen LogP contribution >= 0.6 is 11.6 Å². The van der Waals surface area contributed by atoms with E-state index in [4.69, 9.17) is 16.7 Å². The first kappa shape index (κ1) is 15.5. The second-order valence-electron chi connectivity index (χ2n) is 5.06. The Hall–Kier alpha value is -1.89. The molecule has 8 heteroatoms. The Bertz CT molecular complexity index is 582. The predicted octanol–water partition coefficient (Wildman–Crippen LogP) is 3.30. The summed E-state index contributed by atoms with van der Waals surface area (Å²) in [6, 6.07) is 1.91. The largest absolute Gasteiger partial charge is 0.481 e. The highest BCUT2D eigenvalue weighted by Gasteiger charge is 2.33. The van der Waals surface area contributed by atoms with E-state index in [1.54, 1.807) is 0 Å². The van der Waals surface area contributed by atoms with Gasteiger partial charge in [-0.25, -0.2) is 4.39 Å². The smallest absolute Gasteiger partial charge is 0.306 e. The molecule has 2 N–H and O–H groups in total. The van der Waals surface area contributed by atoms with Crippen LogP contribution in [0.2, 0.25) is 5.02 Å². The van der Waals surface area contributed by atoms with Gasteiger partial charge in [0.2, 0.25) is 0 Å². The number of aliphatic carboxylic acids is 1. The molecular weight excluding hydrogens is 303 g/mol. The molecule has 0 radical (unpaired) electrons. The number of hydrogen-bond acceptors (Lipinski definition) is 4. The lowest BCUT2D eigenvalue weighted by Gasteiger charge is -2.17. The van der Waals surface area contributed by atoms with Crippen LogP contribution in [0.25, 0.3) is 0 Å². The van der Waals surface area contributed by atoms with E-state index in [-0.39, 0.29) is 23.2 Å². The predicted molar refractivity (Wildman–Crippen MR) is 75.0 cm³/mol. The normalized spacial score (nSPS) is 21.2. The molecule has 21 heavy (non-hydrogen) atoms. The van der Waals surface area contributed by atoms with Gasteiger partial charge in [0.1, 0.15) is 11.5 Å². The standard InChI is InChI=1S/C13H14ClFN2O4/c14-9-4-11(12(17(20)21)5-10(9)15)16-6-7-2-1-3-8(7)13(18)19/h4-5,7-8,16H,1-3,6H2,(H,18,19). The van der Waals surface area contributed by atoms with Gasteiger partial charge in [-0.3, -0.25) is 14.9 Å². The molecule has 2 atom stereocenters. The molecule has 2 rings (SSSR count). The van der Waals surface area contributed by atoms with Crippen LogP contribution in [0.4, 0.5) is 15.8 Å². The van der Waals surface area contributed by atoms with E-state index < -0.39 is 28.3 Å². The third kappa shape index (κ3) is 3.41. The molecule has 114 valence electrons. The van der Waals surface area contributed by atoms with Crippen LogP contribution in [-0.4, -0.2) is 22.5 Å². The van der Waals surface area contributed by atoms with Crippen LogP contribution in [-0.2, 0) is 4.79 Å². The SMILES string of the molecule is O=C(O)C1CCCC1CNc1cc(Cl)c(F)cc1[N+](=O)[O-]. The number of carbonyl (C=O) groups is 1. The van der Waals surface area contributed by atoms with Gasteiger partial charge in [0, 0.05) is 6.54 Å². The van der Waals surface area contributed by atoms with Crippen molar-refractivity contribution in [3.05, 3.63) is 33.1 Å². The van der Waals surface area contributed by atoms with Crippen molar-refractivity contribution in [2.75, 3.05) is 11.9 Å². The molecule has 0 bridgehead atoms. The Morgan fingerprint density at radius 3 is 2.86 bits per heavy atom. The minimum absolute atomic E-state index is 0.0995. The van der Waals surface area contributed by atoms with Crippen LogP contribution in [0.1, 0.15) is 19.3 Å². The Balaban J connectivity index is 2.14. The van der Waals surface area contributed by atoms with Gasteiger partial charge in [0.25, 0.3) is 5.69 Å². The molecule has 1 aromatic rings. The third-order valence-corrected chi connectivity index (χ3v) is 4.06. The quantitative estimate of drug-likeness (QED) is 0.642. The summed E-state index contributed by atoms with van der Waals surface area (Å²) in [4.78, 5) is 21.3. The second-order valence-corrected chi connectivity index (χ2v) is 5.46. The molecule has 1 aliphatic rings. The van der Waals surface area contributed by atoms with Crippen molar-refractivity contribution in [1.82, 2.24) is 0 Å². The molecule has 2 unspecified atom stereocenters. The van der Waals surface area contributed by atoms with Crippen LogP contribution in [0, 0.1) is 27.8 Å². The topological polar surface area (TPSA) is 92.5 Å². The Kier molecular flexibility index (Phi) is 4.62. The van der Waals surface area contributed by atoms with Crippen LogP contribution in [0.5, 0.6) is 0 Å². The van der Waals surface area contributed by atoms with Crippen molar-refractivity contribution in [2.24, 2.45) is 11.8 Å². The Labute approximate surface area is 125 Å². The second kappa shape index (κ2) is 6.26. The summed E-state index contributed by atoms with van der Waals surface area (Å²) < 4.78 is 13.3. The van der Waals surface area contributed by atoms with E-state index in [1.807, 2.05) is 0 Å². The van der Waals surface area contributed by atoms with E-state index in [0.717, 1.165) is 25.0 Å². The summed E-state index contributed by atoms with van der Waals surface area (Å²) in [6.45, 7) is 0.278. The van der Waals surface area contributed by atoms with Gasteiger partial charge in [0.15, 0.2) is 0 Å². The number of nitrogens with zero attached hydrogens (tertiary/aromatic N) is 1. The van der Waals surface area contributed by atoms with Crippen molar-refractivity contribution in [3.63, 3.8) is 0 Å². The van der Waals surface area contributed by atoms with E-state index in [9.17, 15) is 19.3 Å². The first-order valence-corrected chi connectivity index (χ1v) is 6.88. The average Bonchev–Trinajstić information content (AvgIpc) is 2.88. The number of nitro benzene ring substituents is 1. The zero-order chi connectivity index (χ0) is 15.6. The zero-order valence-corrected chi connectivity index (χ0v) is 11.8. The molecule has 1 fully saturated rings. The number of carboxylic acids is 1. The van der Waals surface area contributed by atoms with Gasteiger partial charge >= 0.3 is 5.97 Å². The van der Waals surface area contributed by atoms with Gasteiger partial charge in [0.05, 0.1) is 21.9 Å². The number of nitro groups is 1. The minimum atomic E-state index is -0.863. The number of anilines is 1. The van der Waals surface area contributed by atoms with Gasteiger partial charge in [-0.2, -0.15) is 0 Å². The first-order chi connectivity index (χ1) is 9.90. The zero-order valence-electron chi connectivity index (χ0n) is 11.0. The molecule has 6 nitrogen and oxygen atoms in total. The fraction of sp³-hybridized carbons (Fsp3) is 0.462. The van der Waals surface area contributed by atoms with Crippen LogP contribution in [0.3, 0.4) is 0 Å². The number of halogens is 2. The molecule has 0 spiro atoms. The van der Waals surface area contributed by atoms with E-state index in [0.29, 0.717) is 6.42 Å². The van der Waals surface area contributed by atoms with Crippen LogP contribution < -0.4 is 5.32 Å². The van der Waals surface area contributed by atoms with Crippen molar-refractivity contribution >= 4 is 28.9 Å². The summed E-state index contributed by atoms with van der Waals surface area (Å²) >= 11 is 5.63. The molecule has 0 aliphatic heterocycles. The molecule has 0 saturated heterocycles. The number of benzene rings is 1. The molecule has 0 amide bonds. The van der Waals surface area contributed by atoms with Crippen molar-refractivity contribution in [2.45, 2.75) is 19.3 Å². The van der Waals surface area contributed by atoms with Gasteiger partial charge in [-0.1, -0.05) is 18.0 Å². The highest BCUT2D eigenvalue weighted by molar-refractivity contribution is 6.31.